The zero-order valence-corrected chi connectivity index (χ0v) is 18.7. The molecule has 1 unspecified atom stereocenters. The number of allylic oxidation sites excluding steroid dienone is 4. The van der Waals surface area contributed by atoms with E-state index in [0.717, 1.165) is 24.8 Å². The Kier molecular flexibility index (Phi) is 4.09. The summed E-state index contributed by atoms with van der Waals surface area (Å²) in [4.78, 5) is 25.8. The Bertz CT molecular complexity index is 1050. The molecule has 1 aromatic carbocycles. The van der Waals surface area contributed by atoms with E-state index in [2.05, 4.69) is 13.8 Å². The molecule has 1 heterocycles. The van der Waals surface area contributed by atoms with Crippen LogP contribution in [0.5, 0.6) is 5.75 Å². The fraction of sp³-hybridized carbons (Fsp3) is 0.556. The summed E-state index contributed by atoms with van der Waals surface area (Å²) in [5.41, 5.74) is -1.14. The highest BCUT2D eigenvalue weighted by atomic mass is 16.8. The predicted molar refractivity (Wildman–Crippen MR) is 118 cm³/mol. The van der Waals surface area contributed by atoms with Gasteiger partial charge in [0, 0.05) is 23.2 Å². The Morgan fingerprint density at radius 2 is 1.88 bits per heavy atom. The quantitative estimate of drug-likeness (QED) is 0.728. The molecule has 5 nitrogen and oxygen atoms in total. The SMILES string of the molecule is C[C@]12C=CC(=O)C=C1CC[C@@H]1[C@@H]2C(=O)C[C@@]2(C)[C@H]1CC[C@]2(O)C1(Oc2ccccc2)CO1. The summed E-state index contributed by atoms with van der Waals surface area (Å²) >= 11 is 0. The first-order chi connectivity index (χ1) is 15.2. The lowest BCUT2D eigenvalue weighted by atomic mass is 9.46. The van der Waals surface area contributed by atoms with Gasteiger partial charge < -0.3 is 14.6 Å². The molecule has 1 saturated heterocycles. The molecule has 1 N–H and O–H groups in total. The number of aliphatic hydroxyl groups is 1. The Balaban J connectivity index is 1.36. The molecule has 0 bridgehead atoms. The van der Waals surface area contributed by atoms with E-state index in [1.165, 1.54) is 0 Å². The zero-order chi connectivity index (χ0) is 22.4. The third-order valence-electron chi connectivity index (χ3n) is 9.47. The topological polar surface area (TPSA) is 76.1 Å². The molecule has 4 aliphatic carbocycles. The second-order valence-corrected chi connectivity index (χ2v) is 10.9. The van der Waals surface area contributed by atoms with E-state index in [4.69, 9.17) is 9.47 Å². The fourth-order valence-electron chi connectivity index (χ4n) is 7.79. The van der Waals surface area contributed by atoms with Gasteiger partial charge in [-0.3, -0.25) is 9.59 Å². The van der Waals surface area contributed by atoms with Gasteiger partial charge in [-0.15, -0.1) is 0 Å². The number of rotatable bonds is 3. The van der Waals surface area contributed by atoms with Crippen LogP contribution < -0.4 is 4.74 Å². The fourth-order valence-corrected chi connectivity index (χ4v) is 7.79. The first kappa shape index (κ1) is 20.4. The molecule has 32 heavy (non-hydrogen) atoms. The van der Waals surface area contributed by atoms with Crippen molar-refractivity contribution in [1.82, 2.24) is 0 Å². The van der Waals surface area contributed by atoms with Gasteiger partial charge in [0.25, 0.3) is 5.79 Å². The molecule has 5 heteroatoms. The van der Waals surface area contributed by atoms with Crippen LogP contribution in [-0.2, 0) is 14.3 Å². The molecule has 0 amide bonds. The van der Waals surface area contributed by atoms with E-state index in [-0.39, 0.29) is 29.3 Å². The number of carbonyl (C=O) groups is 2. The largest absolute Gasteiger partial charge is 0.457 e. The molecule has 6 rings (SSSR count). The number of ether oxygens (including phenoxy) is 2. The monoisotopic (exact) mass is 434 g/mol. The maximum Gasteiger partial charge on any atom is 0.264 e. The minimum absolute atomic E-state index is 0.0187. The number of hydrogen-bond acceptors (Lipinski definition) is 5. The van der Waals surface area contributed by atoms with E-state index in [0.29, 0.717) is 25.2 Å². The Morgan fingerprint density at radius 3 is 2.59 bits per heavy atom. The molecule has 4 fully saturated rings. The van der Waals surface area contributed by atoms with Crippen molar-refractivity contribution >= 4 is 11.6 Å². The summed E-state index contributed by atoms with van der Waals surface area (Å²) < 4.78 is 12.1. The number of para-hydroxylation sites is 1. The highest BCUT2D eigenvalue weighted by Gasteiger charge is 2.77. The summed E-state index contributed by atoms with van der Waals surface area (Å²) in [7, 11) is 0. The van der Waals surface area contributed by atoms with Crippen molar-refractivity contribution in [2.45, 2.75) is 57.3 Å². The van der Waals surface area contributed by atoms with Crippen molar-refractivity contribution in [1.29, 1.82) is 0 Å². The molecule has 1 aliphatic heterocycles. The van der Waals surface area contributed by atoms with Crippen LogP contribution in [0.2, 0.25) is 0 Å². The van der Waals surface area contributed by atoms with Crippen LogP contribution in [-0.4, -0.2) is 34.7 Å². The smallest absolute Gasteiger partial charge is 0.264 e. The van der Waals surface area contributed by atoms with Crippen molar-refractivity contribution in [3.05, 3.63) is 54.1 Å². The zero-order valence-electron chi connectivity index (χ0n) is 18.7. The van der Waals surface area contributed by atoms with Crippen LogP contribution in [0.4, 0.5) is 0 Å². The summed E-state index contributed by atoms with van der Waals surface area (Å²) in [6.07, 6.45) is 8.75. The molecular formula is C27H30O5. The van der Waals surface area contributed by atoms with Crippen LogP contribution in [0.15, 0.2) is 54.1 Å². The minimum Gasteiger partial charge on any atom is -0.457 e. The van der Waals surface area contributed by atoms with Gasteiger partial charge in [-0.05, 0) is 61.8 Å². The van der Waals surface area contributed by atoms with Crippen LogP contribution >= 0.6 is 0 Å². The number of ketones is 2. The van der Waals surface area contributed by atoms with Crippen molar-refractivity contribution in [3.63, 3.8) is 0 Å². The van der Waals surface area contributed by atoms with Gasteiger partial charge in [0.15, 0.2) is 5.78 Å². The summed E-state index contributed by atoms with van der Waals surface area (Å²) in [6, 6.07) is 9.47. The Morgan fingerprint density at radius 1 is 1.12 bits per heavy atom. The summed E-state index contributed by atoms with van der Waals surface area (Å²) in [5.74, 6) is 0.0386. The standard InChI is InChI=1S/C27H30O5/c1-24-12-10-18(28)14-17(24)8-9-20-21-11-13-26(30,25(21,2)15-22(29)23(20)24)27(16-31-27)32-19-6-4-3-5-7-19/h3-7,10,12,14,20-21,23,30H,8-9,11,13,15-16H2,1-2H3/t20-,21-,23+,24-,25-,26+,27?/m0/s1. The van der Waals surface area contributed by atoms with E-state index in [1.807, 2.05) is 36.4 Å². The average molecular weight is 435 g/mol. The third kappa shape index (κ3) is 2.47. The Hall–Kier alpha value is -2.24. The van der Waals surface area contributed by atoms with Crippen LogP contribution in [0, 0.1) is 28.6 Å². The molecule has 168 valence electrons. The summed E-state index contributed by atoms with van der Waals surface area (Å²) in [5, 5.41) is 12.2. The van der Waals surface area contributed by atoms with Crippen LogP contribution in [0.25, 0.3) is 0 Å². The normalized spacial score (nSPS) is 46.7. The van der Waals surface area contributed by atoms with Crippen molar-refractivity contribution < 1.29 is 24.2 Å². The number of carbonyl (C=O) groups excluding carboxylic acids is 2. The maximum atomic E-state index is 13.8. The highest BCUT2D eigenvalue weighted by molar-refractivity contribution is 6.01. The second kappa shape index (κ2) is 6.42. The van der Waals surface area contributed by atoms with Crippen molar-refractivity contribution in [2.75, 3.05) is 6.61 Å². The van der Waals surface area contributed by atoms with Crippen LogP contribution in [0.3, 0.4) is 0 Å². The number of Topliss-reactive ketones (excluding diaryl/α,β-unsaturated/α-hetero) is 1. The lowest BCUT2D eigenvalue weighted by Crippen LogP contribution is -2.63. The van der Waals surface area contributed by atoms with Gasteiger partial charge in [-0.25, -0.2) is 0 Å². The highest BCUT2D eigenvalue weighted by Crippen LogP contribution is 2.69. The van der Waals surface area contributed by atoms with E-state index >= 15 is 0 Å². The van der Waals surface area contributed by atoms with E-state index in [1.54, 1.807) is 12.2 Å². The molecular weight excluding hydrogens is 404 g/mol. The number of fused-ring (bicyclic) bond motifs is 5. The van der Waals surface area contributed by atoms with Gasteiger partial charge in [0.05, 0.1) is 0 Å². The van der Waals surface area contributed by atoms with Gasteiger partial charge in [-0.1, -0.05) is 43.7 Å². The van der Waals surface area contributed by atoms with E-state index in [9.17, 15) is 14.7 Å². The summed E-state index contributed by atoms with van der Waals surface area (Å²) in [6.45, 7) is 4.52. The van der Waals surface area contributed by atoms with Crippen LogP contribution in [0.1, 0.15) is 46.0 Å². The molecule has 1 aromatic rings. The molecule has 0 radical (unpaired) electrons. The molecule has 7 atom stereocenters. The molecule has 3 saturated carbocycles. The lowest BCUT2D eigenvalue weighted by molar-refractivity contribution is -0.206. The second-order valence-electron chi connectivity index (χ2n) is 10.9. The average Bonchev–Trinajstić information content (AvgIpc) is 3.49. The Labute approximate surface area is 188 Å². The van der Waals surface area contributed by atoms with Gasteiger partial charge in [0.1, 0.15) is 23.7 Å². The minimum atomic E-state index is -1.23. The number of benzene rings is 1. The van der Waals surface area contributed by atoms with E-state index < -0.39 is 22.2 Å². The molecule has 0 spiro atoms. The molecule has 5 aliphatic rings. The number of hydrogen-bond donors (Lipinski definition) is 1. The first-order valence-electron chi connectivity index (χ1n) is 11.8. The lowest BCUT2D eigenvalue weighted by Gasteiger charge is -2.57. The van der Waals surface area contributed by atoms with Gasteiger partial charge in [0.2, 0.25) is 0 Å². The van der Waals surface area contributed by atoms with Gasteiger partial charge >= 0.3 is 0 Å². The number of epoxide rings is 1. The molecule has 0 aromatic heterocycles. The first-order valence-corrected chi connectivity index (χ1v) is 11.8. The van der Waals surface area contributed by atoms with Crippen molar-refractivity contribution in [3.8, 4) is 5.75 Å². The maximum absolute atomic E-state index is 13.8. The van der Waals surface area contributed by atoms with Crippen molar-refractivity contribution in [2.24, 2.45) is 28.6 Å². The van der Waals surface area contributed by atoms with Gasteiger partial charge in [-0.2, -0.15) is 0 Å². The predicted octanol–water partition coefficient (Wildman–Crippen LogP) is 4.01. The third-order valence-corrected chi connectivity index (χ3v) is 9.47.